The molecule has 0 aliphatic carbocycles. The van der Waals surface area contributed by atoms with Crippen LogP contribution in [0.25, 0.3) is 11.0 Å². The minimum Gasteiger partial charge on any atom is -0.387 e. The van der Waals surface area contributed by atoms with Crippen LogP contribution in [0.5, 0.6) is 0 Å². The Morgan fingerprint density at radius 2 is 1.74 bits per heavy atom. The monoisotopic (exact) mass is 553 g/mol. The second kappa shape index (κ2) is 9.40. The molecule has 0 spiro atoms. The lowest BCUT2D eigenvalue weighted by molar-refractivity contribution is -0.0539. The van der Waals surface area contributed by atoms with Crippen molar-refractivity contribution in [3.8, 4) is 0 Å². The molecule has 3 rings (SSSR count). The number of nitrogens with one attached hydrogen (secondary N) is 1. The van der Waals surface area contributed by atoms with Crippen LogP contribution in [0, 0.1) is 5.95 Å². The van der Waals surface area contributed by atoms with Crippen molar-refractivity contribution in [2.24, 2.45) is 0 Å². The summed E-state index contributed by atoms with van der Waals surface area (Å²) in [4.78, 5) is 65.2. The second-order valence-electron chi connectivity index (χ2n) is 6.61. The average molecular weight is 553 g/mol. The molecule has 3 heterocycles. The van der Waals surface area contributed by atoms with Crippen LogP contribution in [-0.2, 0) is 31.6 Å². The SMILES string of the molecule is O=c1cc(F)[nH]c2nc(=O)n([C@@H]3O[C@H](COP(=O)(O)OP(=O)(O)OP(=O)(O)O)C(O)[C@@H]3O)cc12. The van der Waals surface area contributed by atoms with Crippen LogP contribution in [-0.4, -0.2) is 69.2 Å². The van der Waals surface area contributed by atoms with Gasteiger partial charge in [-0.2, -0.15) is 18.0 Å². The van der Waals surface area contributed by atoms with Gasteiger partial charge in [-0.25, -0.2) is 18.5 Å². The zero-order valence-electron chi connectivity index (χ0n) is 16.1. The van der Waals surface area contributed by atoms with Crippen LogP contribution in [0.3, 0.4) is 0 Å². The summed E-state index contributed by atoms with van der Waals surface area (Å²) < 4.78 is 64.2. The minimum atomic E-state index is -5.79. The first-order valence-corrected chi connectivity index (χ1v) is 13.1. The van der Waals surface area contributed by atoms with E-state index in [9.17, 15) is 42.8 Å². The average Bonchev–Trinajstić information content (AvgIpc) is 2.91. The summed E-state index contributed by atoms with van der Waals surface area (Å²) in [6.07, 6.45) is -6.34. The molecule has 22 heteroatoms. The van der Waals surface area contributed by atoms with Crippen LogP contribution in [0.15, 0.2) is 21.9 Å². The third-order valence-electron chi connectivity index (χ3n) is 4.14. The van der Waals surface area contributed by atoms with Gasteiger partial charge < -0.3 is 39.5 Å². The van der Waals surface area contributed by atoms with E-state index >= 15 is 0 Å². The molecule has 1 aliphatic heterocycles. The van der Waals surface area contributed by atoms with E-state index in [1.165, 1.54) is 0 Å². The topological polar surface area (TPSA) is 277 Å². The van der Waals surface area contributed by atoms with Crippen molar-refractivity contribution in [3.05, 3.63) is 38.9 Å². The first-order valence-electron chi connectivity index (χ1n) is 8.60. The molecule has 3 unspecified atom stereocenters. The summed E-state index contributed by atoms with van der Waals surface area (Å²) >= 11 is 0. The first kappa shape index (κ1) is 26.9. The maximum atomic E-state index is 13.3. The van der Waals surface area contributed by atoms with Crippen molar-refractivity contribution in [2.45, 2.75) is 24.5 Å². The maximum Gasteiger partial charge on any atom is 0.490 e. The number of ether oxygens (including phenoxy) is 1. The van der Waals surface area contributed by atoms with Gasteiger partial charge in [0, 0.05) is 12.3 Å². The number of aromatic nitrogens is 3. The zero-order chi connectivity index (χ0) is 25.6. The Bertz CT molecular complexity index is 1360. The predicted molar refractivity (Wildman–Crippen MR) is 102 cm³/mol. The van der Waals surface area contributed by atoms with E-state index in [1.807, 2.05) is 4.98 Å². The molecule has 7 N–H and O–H groups in total. The Morgan fingerprint density at radius 3 is 2.35 bits per heavy atom. The number of phosphoric ester groups is 1. The highest BCUT2D eigenvalue weighted by atomic mass is 31.3. The number of phosphoric acid groups is 3. The van der Waals surface area contributed by atoms with Crippen molar-refractivity contribution >= 4 is 34.5 Å². The number of nitrogens with zero attached hydrogens (tertiary/aromatic N) is 2. The molecule has 0 aromatic carbocycles. The lowest BCUT2D eigenvalue weighted by atomic mass is 10.1. The molecular formula is C12H15FN3O15P3. The second-order valence-corrected chi connectivity index (χ2v) is 11.0. The number of hydrogen-bond acceptors (Lipinski definition) is 12. The molecule has 6 atom stereocenters. The molecular weight excluding hydrogens is 538 g/mol. The number of aromatic amines is 1. The lowest BCUT2D eigenvalue weighted by Crippen LogP contribution is -2.36. The van der Waals surface area contributed by atoms with Gasteiger partial charge in [0.15, 0.2) is 23.3 Å². The van der Waals surface area contributed by atoms with Gasteiger partial charge in [-0.1, -0.05) is 0 Å². The molecule has 18 nitrogen and oxygen atoms in total. The fraction of sp³-hybridized carbons (Fsp3) is 0.417. The predicted octanol–water partition coefficient (Wildman–Crippen LogP) is -1.81. The van der Waals surface area contributed by atoms with E-state index in [-0.39, 0.29) is 5.39 Å². The molecule has 2 aromatic heterocycles. The number of hydrogen-bond donors (Lipinski definition) is 7. The van der Waals surface area contributed by atoms with E-state index in [0.29, 0.717) is 10.6 Å². The van der Waals surface area contributed by atoms with Gasteiger partial charge in [-0.3, -0.25) is 13.9 Å². The number of aliphatic hydroxyl groups excluding tert-OH is 2. The molecule has 0 bridgehead atoms. The normalized spacial score (nSPS) is 26.9. The third kappa shape index (κ3) is 6.30. The summed E-state index contributed by atoms with van der Waals surface area (Å²) in [6, 6.07) is 0.561. The van der Waals surface area contributed by atoms with Crippen molar-refractivity contribution in [3.63, 3.8) is 0 Å². The van der Waals surface area contributed by atoms with Crippen LogP contribution < -0.4 is 11.1 Å². The van der Waals surface area contributed by atoms with Crippen LogP contribution >= 0.6 is 23.5 Å². The van der Waals surface area contributed by atoms with Gasteiger partial charge in [0.2, 0.25) is 0 Å². The molecule has 1 aliphatic rings. The quantitative estimate of drug-likeness (QED) is 0.140. The van der Waals surface area contributed by atoms with E-state index in [1.54, 1.807) is 0 Å². The highest BCUT2D eigenvalue weighted by molar-refractivity contribution is 7.66. The van der Waals surface area contributed by atoms with Crippen molar-refractivity contribution in [1.29, 1.82) is 0 Å². The molecule has 1 fully saturated rings. The smallest absolute Gasteiger partial charge is 0.387 e. The fourth-order valence-corrected chi connectivity index (χ4v) is 5.87. The summed E-state index contributed by atoms with van der Waals surface area (Å²) in [5.74, 6) is -1.07. The lowest BCUT2D eigenvalue weighted by Gasteiger charge is -2.19. The summed E-state index contributed by atoms with van der Waals surface area (Å²) in [6.45, 7) is -1.13. The third-order valence-corrected chi connectivity index (χ3v) is 7.94. The number of rotatable bonds is 8. The van der Waals surface area contributed by atoms with Crippen LogP contribution in [0.1, 0.15) is 6.23 Å². The Balaban J connectivity index is 1.77. The van der Waals surface area contributed by atoms with E-state index in [4.69, 9.17) is 19.4 Å². The standard InChI is InChI=1S/C12H15FN3O15P3/c13-7-1-5(17)4-2-16(12(20)15-10(4)14-7)11-9(19)8(18)6(29-11)3-28-33(24,25)31-34(26,27)30-32(21,22)23/h1-2,6,8-9,11,18-19H,3H2,(H,24,25)(H,26,27)(H,14,15,20)(H2,21,22,23)/t6-,8?,9+,11-/m1/s1. The van der Waals surface area contributed by atoms with Crippen molar-refractivity contribution < 1.29 is 65.8 Å². The highest BCUT2D eigenvalue weighted by Crippen LogP contribution is 2.66. The first-order chi connectivity index (χ1) is 15.5. The maximum absolute atomic E-state index is 13.3. The summed E-state index contributed by atoms with van der Waals surface area (Å²) in [5.41, 5.74) is -2.45. The Morgan fingerprint density at radius 1 is 1.09 bits per heavy atom. The number of aliphatic hydroxyl groups is 2. The molecule has 190 valence electrons. The molecule has 34 heavy (non-hydrogen) atoms. The number of halogens is 1. The fourth-order valence-electron chi connectivity index (χ4n) is 2.84. The number of H-pyrrole nitrogens is 1. The van der Waals surface area contributed by atoms with Gasteiger partial charge in [0.1, 0.15) is 18.3 Å². The van der Waals surface area contributed by atoms with Gasteiger partial charge in [0.05, 0.1) is 12.0 Å². The van der Waals surface area contributed by atoms with Crippen molar-refractivity contribution in [2.75, 3.05) is 6.61 Å². The number of pyridine rings is 1. The van der Waals surface area contributed by atoms with Gasteiger partial charge >= 0.3 is 29.2 Å². The number of fused-ring (bicyclic) bond motifs is 1. The zero-order valence-corrected chi connectivity index (χ0v) is 18.8. The van der Waals surface area contributed by atoms with Gasteiger partial charge in [0.25, 0.3) is 0 Å². The van der Waals surface area contributed by atoms with E-state index in [0.717, 1.165) is 6.20 Å². The molecule has 1 saturated heterocycles. The van der Waals surface area contributed by atoms with E-state index < -0.39 is 77.3 Å². The van der Waals surface area contributed by atoms with Crippen LogP contribution in [0.2, 0.25) is 0 Å². The van der Waals surface area contributed by atoms with Gasteiger partial charge in [-0.15, -0.1) is 0 Å². The van der Waals surface area contributed by atoms with E-state index in [2.05, 4.69) is 18.1 Å². The molecule has 0 amide bonds. The molecule has 2 aromatic rings. The Kier molecular flexibility index (Phi) is 7.44. The highest BCUT2D eigenvalue weighted by Gasteiger charge is 2.46. The summed E-state index contributed by atoms with van der Waals surface area (Å²) in [7, 11) is -17.0. The summed E-state index contributed by atoms with van der Waals surface area (Å²) in [5, 5.41) is 20.0. The largest absolute Gasteiger partial charge is 0.490 e. The Labute approximate surface area is 185 Å². The molecule has 0 saturated carbocycles. The van der Waals surface area contributed by atoms with Gasteiger partial charge in [-0.05, 0) is 0 Å². The Hall–Kier alpha value is -1.69. The van der Waals surface area contributed by atoms with Crippen LogP contribution in [0.4, 0.5) is 4.39 Å². The van der Waals surface area contributed by atoms with Crippen molar-refractivity contribution in [1.82, 2.24) is 14.5 Å². The molecule has 0 radical (unpaired) electrons. The minimum absolute atomic E-state index is 0.289.